The Morgan fingerprint density at radius 2 is 2.17 bits per heavy atom. The number of carbonyl (C=O) groups is 1. The van der Waals surface area contributed by atoms with Crippen LogP contribution in [0, 0.1) is 0 Å². The standard InChI is InChI=1S/C2H6N2OS/c1-4(3)2(5)6/h3H2,1H3,(H,5,6). The molecule has 0 radical (unpaired) electrons. The number of hydrogen-bond acceptors (Lipinski definition) is 2. The summed E-state index contributed by atoms with van der Waals surface area (Å²) in [6.07, 6.45) is 0. The maximum absolute atomic E-state index is 9.81. The molecule has 0 aliphatic heterocycles. The lowest BCUT2D eigenvalue weighted by molar-refractivity contribution is 0.235. The van der Waals surface area contributed by atoms with Crippen LogP contribution in [0.5, 0.6) is 0 Å². The summed E-state index contributed by atoms with van der Waals surface area (Å²) in [5.41, 5.74) is 0. The third kappa shape index (κ3) is 2.04. The van der Waals surface area contributed by atoms with Gasteiger partial charge < -0.3 is 0 Å². The Morgan fingerprint density at radius 1 is 2.00 bits per heavy atom. The number of nitrogens with zero attached hydrogens (tertiary/aromatic N) is 1. The second-order valence-electron chi connectivity index (χ2n) is 0.893. The van der Waals surface area contributed by atoms with Crippen LogP contribution in [0.4, 0.5) is 4.79 Å². The highest BCUT2D eigenvalue weighted by Crippen LogP contribution is 1.79. The number of hydrogen-bond donors (Lipinski definition) is 2. The minimum absolute atomic E-state index is 0.435. The summed E-state index contributed by atoms with van der Waals surface area (Å²) in [5.74, 6) is 4.84. The normalized spacial score (nSPS) is 7.83. The molecule has 0 aliphatic rings. The molecule has 36 valence electrons. The lowest BCUT2D eigenvalue weighted by Crippen LogP contribution is -2.27. The number of carbonyl (C=O) groups excluding carboxylic acids is 1. The van der Waals surface area contributed by atoms with Crippen molar-refractivity contribution in [3.8, 4) is 0 Å². The number of thiol groups is 1. The molecule has 2 N–H and O–H groups in total. The number of amides is 1. The molecule has 0 aromatic rings. The molecule has 6 heavy (non-hydrogen) atoms. The molecule has 0 atom stereocenters. The van der Waals surface area contributed by atoms with Crippen LogP contribution in [0.25, 0.3) is 0 Å². The van der Waals surface area contributed by atoms with Crippen LogP contribution in [-0.2, 0) is 0 Å². The third-order valence-corrected chi connectivity index (χ3v) is 0.617. The van der Waals surface area contributed by atoms with E-state index < -0.39 is 5.24 Å². The molecule has 0 rings (SSSR count). The Balaban J connectivity index is 3.26. The van der Waals surface area contributed by atoms with Gasteiger partial charge in [-0.2, -0.15) is 0 Å². The van der Waals surface area contributed by atoms with Crippen molar-refractivity contribution in [3.05, 3.63) is 0 Å². The van der Waals surface area contributed by atoms with Gasteiger partial charge in [0.15, 0.2) is 0 Å². The second kappa shape index (κ2) is 2.04. The van der Waals surface area contributed by atoms with E-state index in [2.05, 4.69) is 12.6 Å². The van der Waals surface area contributed by atoms with Crippen LogP contribution in [0.1, 0.15) is 0 Å². The lowest BCUT2D eigenvalue weighted by atomic mass is 11.1. The van der Waals surface area contributed by atoms with Gasteiger partial charge in [0.05, 0.1) is 0 Å². The third-order valence-electron chi connectivity index (χ3n) is 0.302. The van der Waals surface area contributed by atoms with Gasteiger partial charge in [0.1, 0.15) is 0 Å². The van der Waals surface area contributed by atoms with Crippen LogP contribution in [0.2, 0.25) is 0 Å². The quantitative estimate of drug-likeness (QED) is 0.195. The Morgan fingerprint density at radius 3 is 2.17 bits per heavy atom. The van der Waals surface area contributed by atoms with E-state index in [1.54, 1.807) is 0 Å². The fraction of sp³-hybridized carbons (Fsp3) is 0.500. The summed E-state index contributed by atoms with van der Waals surface area (Å²) < 4.78 is 0. The van der Waals surface area contributed by atoms with Crippen molar-refractivity contribution in [1.29, 1.82) is 0 Å². The molecule has 0 bridgehead atoms. The SMILES string of the molecule is CN(N)C(=O)S. The molecular weight excluding hydrogens is 100 g/mol. The van der Waals surface area contributed by atoms with E-state index in [0.717, 1.165) is 5.01 Å². The van der Waals surface area contributed by atoms with Gasteiger partial charge in [-0.05, 0) is 0 Å². The number of hydrazine groups is 1. The number of rotatable bonds is 0. The molecule has 0 unspecified atom stereocenters. The molecule has 0 aliphatic carbocycles. The maximum atomic E-state index is 9.81. The summed E-state index contributed by atoms with van der Waals surface area (Å²) >= 11 is 3.35. The molecular formula is C2H6N2OS. The predicted molar refractivity (Wildman–Crippen MR) is 26.3 cm³/mol. The minimum Gasteiger partial charge on any atom is -0.275 e. The van der Waals surface area contributed by atoms with Gasteiger partial charge in [-0.15, -0.1) is 0 Å². The molecule has 3 nitrogen and oxygen atoms in total. The van der Waals surface area contributed by atoms with Crippen molar-refractivity contribution in [1.82, 2.24) is 5.01 Å². The summed E-state index contributed by atoms with van der Waals surface area (Å²) in [6, 6.07) is 0. The molecule has 0 aromatic heterocycles. The fourth-order valence-corrected chi connectivity index (χ4v) is 0. The lowest BCUT2D eigenvalue weighted by Gasteiger charge is -2.00. The largest absolute Gasteiger partial charge is 0.292 e. The van der Waals surface area contributed by atoms with Crippen molar-refractivity contribution in [2.45, 2.75) is 0 Å². The summed E-state index contributed by atoms with van der Waals surface area (Å²) in [5, 5.41) is 0.457. The van der Waals surface area contributed by atoms with Crippen LogP contribution >= 0.6 is 12.6 Å². The van der Waals surface area contributed by atoms with Crippen molar-refractivity contribution in [3.63, 3.8) is 0 Å². The van der Waals surface area contributed by atoms with Gasteiger partial charge in [0, 0.05) is 7.05 Å². The van der Waals surface area contributed by atoms with Crippen molar-refractivity contribution >= 4 is 17.9 Å². The van der Waals surface area contributed by atoms with Gasteiger partial charge in [-0.1, -0.05) is 12.6 Å². The van der Waals surface area contributed by atoms with Crippen LogP contribution in [-0.4, -0.2) is 17.3 Å². The van der Waals surface area contributed by atoms with E-state index in [1.807, 2.05) is 0 Å². The Hall–Kier alpha value is -0.220. The summed E-state index contributed by atoms with van der Waals surface area (Å²) in [7, 11) is 1.43. The van der Waals surface area contributed by atoms with E-state index in [4.69, 9.17) is 5.84 Å². The van der Waals surface area contributed by atoms with Gasteiger partial charge in [0.25, 0.3) is 5.24 Å². The van der Waals surface area contributed by atoms with Crippen LogP contribution in [0.3, 0.4) is 0 Å². The molecule has 4 heteroatoms. The zero-order valence-corrected chi connectivity index (χ0v) is 4.27. The fourth-order valence-electron chi connectivity index (χ4n) is 0. The molecule has 0 saturated heterocycles. The Bertz CT molecular complexity index is 62.6. The first kappa shape index (κ1) is 5.78. The molecule has 0 heterocycles. The van der Waals surface area contributed by atoms with E-state index in [9.17, 15) is 4.79 Å². The van der Waals surface area contributed by atoms with Crippen molar-refractivity contribution in [2.75, 3.05) is 7.05 Å². The Labute approximate surface area is 41.5 Å². The van der Waals surface area contributed by atoms with Gasteiger partial charge >= 0.3 is 0 Å². The van der Waals surface area contributed by atoms with Crippen LogP contribution < -0.4 is 5.84 Å². The second-order valence-corrected chi connectivity index (χ2v) is 1.28. The highest BCUT2D eigenvalue weighted by atomic mass is 32.1. The molecule has 0 fully saturated rings. The predicted octanol–water partition coefficient (Wildman–Crippen LogP) is -0.158. The van der Waals surface area contributed by atoms with Crippen molar-refractivity contribution in [2.24, 2.45) is 5.84 Å². The average molecular weight is 106 g/mol. The monoisotopic (exact) mass is 106 g/mol. The highest BCUT2D eigenvalue weighted by Gasteiger charge is 1.89. The first-order valence-electron chi connectivity index (χ1n) is 1.36. The first-order chi connectivity index (χ1) is 2.64. The zero-order valence-electron chi connectivity index (χ0n) is 3.38. The average Bonchev–Trinajstić information content (AvgIpc) is 1.36. The zero-order chi connectivity index (χ0) is 5.15. The summed E-state index contributed by atoms with van der Waals surface area (Å²) in [4.78, 5) is 9.81. The van der Waals surface area contributed by atoms with E-state index >= 15 is 0 Å². The van der Waals surface area contributed by atoms with Gasteiger partial charge in [-0.25, -0.2) is 5.84 Å². The number of nitrogens with two attached hydrogens (primary N) is 1. The van der Waals surface area contributed by atoms with Crippen molar-refractivity contribution < 1.29 is 4.79 Å². The van der Waals surface area contributed by atoms with E-state index in [-0.39, 0.29) is 0 Å². The molecule has 0 spiro atoms. The van der Waals surface area contributed by atoms with Crippen LogP contribution in [0.15, 0.2) is 0 Å². The van der Waals surface area contributed by atoms with Gasteiger partial charge in [0.2, 0.25) is 0 Å². The van der Waals surface area contributed by atoms with E-state index in [1.165, 1.54) is 7.05 Å². The minimum atomic E-state index is -0.435. The first-order valence-corrected chi connectivity index (χ1v) is 1.80. The topological polar surface area (TPSA) is 46.3 Å². The molecule has 0 saturated carbocycles. The molecule has 1 amide bonds. The maximum Gasteiger partial charge on any atom is 0.292 e. The molecule has 0 aromatic carbocycles. The highest BCUT2D eigenvalue weighted by molar-refractivity contribution is 7.96. The van der Waals surface area contributed by atoms with Gasteiger partial charge in [-0.3, -0.25) is 9.80 Å². The van der Waals surface area contributed by atoms with E-state index in [0.29, 0.717) is 0 Å². The Kier molecular flexibility index (Phi) is 1.97. The smallest absolute Gasteiger partial charge is 0.275 e. The summed E-state index contributed by atoms with van der Waals surface area (Å²) in [6.45, 7) is 0.